The van der Waals surface area contributed by atoms with Crippen molar-refractivity contribution in [2.24, 2.45) is 5.92 Å². The maximum atomic E-state index is 11.8. The van der Waals surface area contributed by atoms with E-state index in [4.69, 9.17) is 0 Å². The van der Waals surface area contributed by atoms with Crippen LogP contribution in [0.3, 0.4) is 0 Å². The minimum Gasteiger partial charge on any atom is -0.381 e. The number of pyridine rings is 1. The quantitative estimate of drug-likeness (QED) is 0.795. The molecule has 0 radical (unpaired) electrons. The van der Waals surface area contributed by atoms with Crippen molar-refractivity contribution in [1.82, 2.24) is 10.3 Å². The summed E-state index contributed by atoms with van der Waals surface area (Å²) in [5, 5.41) is 6.20. The fourth-order valence-electron chi connectivity index (χ4n) is 1.57. The summed E-state index contributed by atoms with van der Waals surface area (Å²) in [6.07, 6.45) is 3.75. The highest BCUT2D eigenvalue weighted by Gasteiger charge is 2.07. The van der Waals surface area contributed by atoms with Crippen molar-refractivity contribution in [3.8, 4) is 0 Å². The number of anilines is 1. The Labute approximate surface area is 116 Å². The molecule has 0 aromatic carbocycles. The number of hydrogen-bond acceptors (Lipinski definition) is 3. The van der Waals surface area contributed by atoms with Gasteiger partial charge in [0.15, 0.2) is 0 Å². The third-order valence-corrected chi connectivity index (χ3v) is 3.03. The molecule has 1 amide bonds. The van der Waals surface area contributed by atoms with Crippen LogP contribution in [0.25, 0.3) is 0 Å². The first kappa shape index (κ1) is 15.5. The number of aromatic nitrogens is 1. The summed E-state index contributed by atoms with van der Waals surface area (Å²) in [4.78, 5) is 16.0. The van der Waals surface area contributed by atoms with Gasteiger partial charge < -0.3 is 10.6 Å². The zero-order valence-corrected chi connectivity index (χ0v) is 12.4. The van der Waals surface area contributed by atoms with Crippen LogP contribution in [0.2, 0.25) is 0 Å². The second-order valence-electron chi connectivity index (χ2n) is 5.32. The van der Waals surface area contributed by atoms with E-state index < -0.39 is 0 Å². The monoisotopic (exact) mass is 263 g/mol. The normalized spacial score (nSPS) is 12.3. The van der Waals surface area contributed by atoms with Crippen LogP contribution in [0, 0.1) is 5.92 Å². The number of rotatable bonds is 7. The van der Waals surface area contributed by atoms with Gasteiger partial charge in [-0.2, -0.15) is 0 Å². The lowest BCUT2D eigenvalue weighted by Crippen LogP contribution is -2.26. The molecular formula is C15H25N3O. The van der Waals surface area contributed by atoms with Crippen molar-refractivity contribution in [3.05, 3.63) is 24.0 Å². The summed E-state index contributed by atoms with van der Waals surface area (Å²) in [5.74, 6) is 0.492. The Hall–Kier alpha value is -1.58. The summed E-state index contributed by atoms with van der Waals surface area (Å²) in [5.41, 5.74) is 1.42. The van der Waals surface area contributed by atoms with E-state index in [-0.39, 0.29) is 5.91 Å². The van der Waals surface area contributed by atoms with Gasteiger partial charge in [-0.25, -0.2) is 4.98 Å². The highest BCUT2D eigenvalue weighted by molar-refractivity contribution is 5.92. The molecule has 19 heavy (non-hydrogen) atoms. The van der Waals surface area contributed by atoms with Crippen molar-refractivity contribution in [3.63, 3.8) is 0 Å². The van der Waals surface area contributed by atoms with E-state index >= 15 is 0 Å². The van der Waals surface area contributed by atoms with E-state index in [0.29, 0.717) is 24.2 Å². The van der Waals surface area contributed by atoms with E-state index in [1.165, 1.54) is 0 Å². The third kappa shape index (κ3) is 5.73. The maximum absolute atomic E-state index is 11.8. The SMILES string of the molecule is CCC(C)Nc1ccc(C(=O)NCCC(C)C)nc1. The fourth-order valence-corrected chi connectivity index (χ4v) is 1.57. The van der Waals surface area contributed by atoms with Crippen LogP contribution < -0.4 is 10.6 Å². The molecule has 1 aromatic rings. The highest BCUT2D eigenvalue weighted by atomic mass is 16.1. The molecule has 1 unspecified atom stereocenters. The predicted molar refractivity (Wildman–Crippen MR) is 79.4 cm³/mol. The van der Waals surface area contributed by atoms with Crippen LogP contribution in [0.15, 0.2) is 18.3 Å². The van der Waals surface area contributed by atoms with Gasteiger partial charge in [0.25, 0.3) is 5.91 Å². The third-order valence-electron chi connectivity index (χ3n) is 3.03. The number of carbonyl (C=O) groups excluding carboxylic acids is 1. The van der Waals surface area contributed by atoms with Crippen LogP contribution >= 0.6 is 0 Å². The van der Waals surface area contributed by atoms with Crippen LogP contribution in [0.4, 0.5) is 5.69 Å². The molecule has 1 rings (SSSR count). The van der Waals surface area contributed by atoms with Gasteiger partial charge in [0, 0.05) is 12.6 Å². The highest BCUT2D eigenvalue weighted by Crippen LogP contribution is 2.09. The zero-order chi connectivity index (χ0) is 14.3. The van der Waals surface area contributed by atoms with Gasteiger partial charge in [-0.05, 0) is 37.8 Å². The summed E-state index contributed by atoms with van der Waals surface area (Å²) < 4.78 is 0. The summed E-state index contributed by atoms with van der Waals surface area (Å²) in [6.45, 7) is 9.22. The fraction of sp³-hybridized carbons (Fsp3) is 0.600. The van der Waals surface area contributed by atoms with Gasteiger partial charge in [-0.3, -0.25) is 4.79 Å². The summed E-state index contributed by atoms with van der Waals surface area (Å²) in [7, 11) is 0. The van der Waals surface area contributed by atoms with Gasteiger partial charge >= 0.3 is 0 Å². The molecule has 0 aliphatic carbocycles. The lowest BCUT2D eigenvalue weighted by Gasteiger charge is -2.12. The molecule has 0 fully saturated rings. The first-order valence-electron chi connectivity index (χ1n) is 7.03. The molecule has 0 spiro atoms. The van der Waals surface area contributed by atoms with Crippen LogP contribution in [0.1, 0.15) is 51.0 Å². The van der Waals surface area contributed by atoms with Crippen molar-refractivity contribution in [2.45, 2.75) is 46.6 Å². The zero-order valence-electron chi connectivity index (χ0n) is 12.4. The topological polar surface area (TPSA) is 54.0 Å². The van der Waals surface area contributed by atoms with Gasteiger partial charge in [0.1, 0.15) is 5.69 Å². The molecular weight excluding hydrogens is 238 g/mol. The molecule has 2 N–H and O–H groups in total. The Kier molecular flexibility index (Phi) is 6.33. The minimum atomic E-state index is -0.101. The molecule has 4 heteroatoms. The van der Waals surface area contributed by atoms with Crippen molar-refractivity contribution in [1.29, 1.82) is 0 Å². The van der Waals surface area contributed by atoms with Gasteiger partial charge in [0.2, 0.25) is 0 Å². The summed E-state index contributed by atoms with van der Waals surface area (Å²) >= 11 is 0. The second-order valence-corrected chi connectivity index (χ2v) is 5.32. The molecule has 0 aliphatic heterocycles. The number of carbonyl (C=O) groups is 1. The summed E-state index contributed by atoms with van der Waals surface area (Å²) in [6, 6.07) is 4.07. The minimum absolute atomic E-state index is 0.101. The molecule has 0 aliphatic rings. The average Bonchev–Trinajstić information content (AvgIpc) is 2.38. The Balaban J connectivity index is 2.48. The lowest BCUT2D eigenvalue weighted by atomic mass is 10.1. The molecule has 1 atom stereocenters. The Morgan fingerprint density at radius 2 is 2.05 bits per heavy atom. The number of nitrogens with zero attached hydrogens (tertiary/aromatic N) is 1. The predicted octanol–water partition coefficient (Wildman–Crippen LogP) is 3.07. The van der Waals surface area contributed by atoms with Gasteiger partial charge in [-0.15, -0.1) is 0 Å². The van der Waals surface area contributed by atoms with Gasteiger partial charge in [-0.1, -0.05) is 20.8 Å². The van der Waals surface area contributed by atoms with Crippen molar-refractivity contribution < 1.29 is 4.79 Å². The van der Waals surface area contributed by atoms with Crippen LogP contribution in [-0.4, -0.2) is 23.5 Å². The first-order valence-corrected chi connectivity index (χ1v) is 7.03. The Morgan fingerprint density at radius 3 is 2.58 bits per heavy atom. The Morgan fingerprint density at radius 1 is 1.32 bits per heavy atom. The maximum Gasteiger partial charge on any atom is 0.269 e. The van der Waals surface area contributed by atoms with Crippen molar-refractivity contribution in [2.75, 3.05) is 11.9 Å². The molecule has 1 aromatic heterocycles. The number of nitrogens with one attached hydrogen (secondary N) is 2. The molecule has 0 bridgehead atoms. The average molecular weight is 263 g/mol. The smallest absolute Gasteiger partial charge is 0.269 e. The number of hydrogen-bond donors (Lipinski definition) is 2. The molecule has 0 saturated heterocycles. The molecule has 4 nitrogen and oxygen atoms in total. The largest absolute Gasteiger partial charge is 0.381 e. The van der Waals surface area contributed by atoms with E-state index in [1.807, 2.05) is 6.07 Å². The van der Waals surface area contributed by atoms with Crippen LogP contribution in [-0.2, 0) is 0 Å². The van der Waals surface area contributed by atoms with Crippen LogP contribution in [0.5, 0.6) is 0 Å². The number of amides is 1. The molecule has 0 saturated carbocycles. The Bertz CT molecular complexity index is 387. The second kappa shape index (κ2) is 7.77. The molecule has 106 valence electrons. The van der Waals surface area contributed by atoms with Gasteiger partial charge in [0.05, 0.1) is 11.9 Å². The van der Waals surface area contributed by atoms with E-state index in [9.17, 15) is 4.79 Å². The molecule has 1 heterocycles. The van der Waals surface area contributed by atoms with Crippen molar-refractivity contribution >= 4 is 11.6 Å². The lowest BCUT2D eigenvalue weighted by molar-refractivity contribution is 0.0947. The van der Waals surface area contributed by atoms with E-state index in [1.54, 1.807) is 12.3 Å². The van der Waals surface area contributed by atoms with E-state index in [0.717, 1.165) is 18.5 Å². The van der Waals surface area contributed by atoms with E-state index in [2.05, 4.69) is 43.3 Å². The first-order chi connectivity index (χ1) is 9.02. The standard InChI is InChI=1S/C15H25N3O/c1-5-12(4)18-13-6-7-14(17-10-13)15(19)16-9-8-11(2)3/h6-7,10-12,18H,5,8-9H2,1-4H3,(H,16,19).